The Labute approximate surface area is 129 Å². The van der Waals surface area contributed by atoms with Gasteiger partial charge in [-0.05, 0) is 25.7 Å². The SMILES string of the molecule is CCCC(=O)N1CCCCC1C(=O)N1CCC(F)(C(=O)O)C1. The zero-order valence-electron chi connectivity index (χ0n) is 12.9. The lowest BCUT2D eigenvalue weighted by Crippen LogP contribution is -2.53. The summed E-state index contributed by atoms with van der Waals surface area (Å²) in [4.78, 5) is 38.6. The number of alkyl halides is 1. The Kier molecular flexibility index (Phi) is 5.03. The van der Waals surface area contributed by atoms with Crippen molar-refractivity contribution in [3.8, 4) is 0 Å². The minimum Gasteiger partial charge on any atom is -0.479 e. The maximum absolute atomic E-state index is 14.1. The van der Waals surface area contributed by atoms with Crippen LogP contribution in [0.4, 0.5) is 4.39 Å². The number of hydrogen-bond donors (Lipinski definition) is 1. The molecule has 0 aromatic rings. The molecule has 2 rings (SSSR count). The topological polar surface area (TPSA) is 77.9 Å². The second kappa shape index (κ2) is 6.62. The predicted molar refractivity (Wildman–Crippen MR) is 76.9 cm³/mol. The van der Waals surface area contributed by atoms with Gasteiger partial charge in [0, 0.05) is 25.9 Å². The van der Waals surface area contributed by atoms with E-state index in [0.717, 1.165) is 12.8 Å². The largest absolute Gasteiger partial charge is 0.479 e. The van der Waals surface area contributed by atoms with E-state index in [1.54, 1.807) is 4.90 Å². The normalized spacial score (nSPS) is 28.7. The summed E-state index contributed by atoms with van der Waals surface area (Å²) in [6.07, 6.45) is 3.20. The molecule has 124 valence electrons. The summed E-state index contributed by atoms with van der Waals surface area (Å²) < 4.78 is 14.1. The molecule has 2 aliphatic heterocycles. The number of carbonyl (C=O) groups excluding carboxylic acids is 2. The third-order valence-corrected chi connectivity index (χ3v) is 4.49. The number of likely N-dealkylation sites (tertiary alicyclic amines) is 2. The first-order chi connectivity index (χ1) is 10.4. The van der Waals surface area contributed by atoms with E-state index in [0.29, 0.717) is 25.8 Å². The van der Waals surface area contributed by atoms with Crippen LogP contribution in [0.25, 0.3) is 0 Å². The Morgan fingerprint density at radius 2 is 2.00 bits per heavy atom. The van der Waals surface area contributed by atoms with E-state index in [1.165, 1.54) is 4.90 Å². The smallest absolute Gasteiger partial charge is 0.343 e. The summed E-state index contributed by atoms with van der Waals surface area (Å²) >= 11 is 0. The summed E-state index contributed by atoms with van der Waals surface area (Å²) in [5.74, 6) is -1.89. The molecule has 2 amide bonds. The molecule has 2 atom stereocenters. The molecule has 22 heavy (non-hydrogen) atoms. The van der Waals surface area contributed by atoms with Crippen molar-refractivity contribution in [1.82, 2.24) is 9.80 Å². The van der Waals surface area contributed by atoms with Crippen LogP contribution in [-0.4, -0.2) is 64.0 Å². The van der Waals surface area contributed by atoms with Crippen LogP contribution in [-0.2, 0) is 14.4 Å². The van der Waals surface area contributed by atoms with Crippen LogP contribution in [0.15, 0.2) is 0 Å². The van der Waals surface area contributed by atoms with Gasteiger partial charge in [0.2, 0.25) is 17.5 Å². The Hall–Kier alpha value is -1.66. The molecule has 2 unspecified atom stereocenters. The van der Waals surface area contributed by atoms with Gasteiger partial charge < -0.3 is 14.9 Å². The minimum absolute atomic E-state index is 0.0514. The molecule has 7 heteroatoms. The number of piperidine rings is 1. The summed E-state index contributed by atoms with van der Waals surface area (Å²) in [6.45, 7) is 2.12. The number of carbonyl (C=O) groups is 3. The number of rotatable bonds is 4. The maximum Gasteiger partial charge on any atom is 0.343 e. The van der Waals surface area contributed by atoms with Gasteiger partial charge in [0.15, 0.2) is 0 Å². The van der Waals surface area contributed by atoms with E-state index in [2.05, 4.69) is 0 Å². The first-order valence-electron chi connectivity index (χ1n) is 7.89. The van der Waals surface area contributed by atoms with Crippen molar-refractivity contribution >= 4 is 17.8 Å². The number of aliphatic carboxylic acids is 1. The van der Waals surface area contributed by atoms with Gasteiger partial charge in [-0.3, -0.25) is 9.59 Å². The van der Waals surface area contributed by atoms with Gasteiger partial charge in [-0.1, -0.05) is 6.92 Å². The molecule has 2 aliphatic rings. The highest BCUT2D eigenvalue weighted by Crippen LogP contribution is 2.28. The second-order valence-corrected chi connectivity index (χ2v) is 6.13. The van der Waals surface area contributed by atoms with Crippen molar-refractivity contribution in [2.75, 3.05) is 19.6 Å². The van der Waals surface area contributed by atoms with Gasteiger partial charge >= 0.3 is 5.97 Å². The fourth-order valence-electron chi connectivity index (χ4n) is 3.19. The monoisotopic (exact) mass is 314 g/mol. The number of hydrogen-bond acceptors (Lipinski definition) is 3. The Balaban J connectivity index is 2.07. The molecule has 0 saturated carbocycles. The lowest BCUT2D eigenvalue weighted by Gasteiger charge is -2.37. The van der Waals surface area contributed by atoms with Crippen LogP contribution < -0.4 is 0 Å². The molecule has 2 fully saturated rings. The first kappa shape index (κ1) is 16.7. The molecule has 0 radical (unpaired) electrons. The predicted octanol–water partition coefficient (Wildman–Crippen LogP) is 1.19. The number of halogens is 1. The van der Waals surface area contributed by atoms with Crippen molar-refractivity contribution in [3.63, 3.8) is 0 Å². The summed E-state index contributed by atoms with van der Waals surface area (Å²) in [6, 6.07) is -0.566. The molecule has 0 aromatic heterocycles. The fourth-order valence-corrected chi connectivity index (χ4v) is 3.19. The van der Waals surface area contributed by atoms with Gasteiger partial charge in [0.1, 0.15) is 6.04 Å². The van der Waals surface area contributed by atoms with Gasteiger partial charge in [-0.15, -0.1) is 0 Å². The Morgan fingerprint density at radius 1 is 1.27 bits per heavy atom. The first-order valence-corrected chi connectivity index (χ1v) is 7.89. The minimum atomic E-state index is -2.36. The molecule has 6 nitrogen and oxygen atoms in total. The van der Waals surface area contributed by atoms with Gasteiger partial charge in [-0.2, -0.15) is 0 Å². The summed E-state index contributed by atoms with van der Waals surface area (Å²) in [7, 11) is 0. The second-order valence-electron chi connectivity index (χ2n) is 6.13. The molecule has 2 heterocycles. The number of carboxylic acid groups (broad SMARTS) is 1. The van der Waals surface area contributed by atoms with Crippen molar-refractivity contribution in [3.05, 3.63) is 0 Å². The van der Waals surface area contributed by atoms with Crippen LogP contribution in [0, 0.1) is 0 Å². The number of amides is 2. The molecule has 0 aliphatic carbocycles. The summed E-state index contributed by atoms with van der Waals surface area (Å²) in [5.41, 5.74) is -2.36. The zero-order valence-corrected chi connectivity index (χ0v) is 12.9. The highest BCUT2D eigenvalue weighted by atomic mass is 19.1. The average Bonchev–Trinajstić information content (AvgIpc) is 2.91. The highest BCUT2D eigenvalue weighted by Gasteiger charge is 2.48. The van der Waals surface area contributed by atoms with E-state index >= 15 is 0 Å². The van der Waals surface area contributed by atoms with Crippen LogP contribution in [0.3, 0.4) is 0 Å². The van der Waals surface area contributed by atoms with Crippen molar-refractivity contribution in [2.45, 2.75) is 57.2 Å². The van der Waals surface area contributed by atoms with E-state index in [-0.39, 0.29) is 24.8 Å². The third-order valence-electron chi connectivity index (χ3n) is 4.49. The summed E-state index contributed by atoms with van der Waals surface area (Å²) in [5, 5.41) is 8.92. The van der Waals surface area contributed by atoms with Crippen molar-refractivity contribution in [1.29, 1.82) is 0 Å². The van der Waals surface area contributed by atoms with Crippen LogP contribution >= 0.6 is 0 Å². The number of carboxylic acids is 1. The lowest BCUT2D eigenvalue weighted by atomic mass is 10.00. The standard InChI is InChI=1S/C15H23FN2O4/c1-2-5-12(19)18-8-4-3-6-11(18)13(20)17-9-7-15(16,10-17)14(21)22/h11H,2-10H2,1H3,(H,21,22). The molecule has 2 saturated heterocycles. The molecule has 1 N–H and O–H groups in total. The van der Waals surface area contributed by atoms with Crippen molar-refractivity contribution < 1.29 is 23.9 Å². The number of nitrogens with zero attached hydrogens (tertiary/aromatic N) is 2. The van der Waals surface area contributed by atoms with Gasteiger partial charge in [-0.25, -0.2) is 9.18 Å². The van der Waals surface area contributed by atoms with Crippen molar-refractivity contribution in [2.24, 2.45) is 0 Å². The molecule has 0 spiro atoms. The van der Waals surface area contributed by atoms with Crippen LogP contribution in [0.2, 0.25) is 0 Å². The van der Waals surface area contributed by atoms with E-state index < -0.39 is 24.2 Å². The average molecular weight is 314 g/mol. The lowest BCUT2D eigenvalue weighted by molar-refractivity contribution is -0.152. The van der Waals surface area contributed by atoms with Gasteiger partial charge in [0.25, 0.3) is 0 Å². The van der Waals surface area contributed by atoms with Crippen LogP contribution in [0.1, 0.15) is 45.4 Å². The van der Waals surface area contributed by atoms with Gasteiger partial charge in [0.05, 0.1) is 6.54 Å². The zero-order chi connectivity index (χ0) is 16.3. The highest BCUT2D eigenvalue weighted by molar-refractivity contribution is 5.89. The quantitative estimate of drug-likeness (QED) is 0.845. The maximum atomic E-state index is 14.1. The van der Waals surface area contributed by atoms with E-state index in [1.807, 2.05) is 6.92 Å². The van der Waals surface area contributed by atoms with E-state index in [4.69, 9.17) is 5.11 Å². The Morgan fingerprint density at radius 3 is 2.59 bits per heavy atom. The molecule has 0 bridgehead atoms. The molecular formula is C15H23FN2O4. The molecular weight excluding hydrogens is 291 g/mol. The fraction of sp³-hybridized carbons (Fsp3) is 0.800. The molecule has 0 aromatic carbocycles. The van der Waals surface area contributed by atoms with Crippen LogP contribution in [0.5, 0.6) is 0 Å². The third kappa shape index (κ3) is 3.23. The van der Waals surface area contributed by atoms with E-state index in [9.17, 15) is 18.8 Å². The Bertz CT molecular complexity index is 470.